The van der Waals surface area contributed by atoms with Gasteiger partial charge in [-0.25, -0.2) is 0 Å². The molecule has 0 aliphatic rings. The lowest BCUT2D eigenvalue weighted by Gasteiger charge is -2.00. The molecule has 0 bridgehead atoms. The van der Waals surface area contributed by atoms with Gasteiger partial charge in [0.15, 0.2) is 5.78 Å². The van der Waals surface area contributed by atoms with E-state index in [-0.39, 0.29) is 11.5 Å². The van der Waals surface area contributed by atoms with Gasteiger partial charge in [-0.05, 0) is 43.3 Å². The molecule has 0 fully saturated rings. The van der Waals surface area contributed by atoms with Crippen LogP contribution in [0.25, 0.3) is 6.08 Å². The third kappa shape index (κ3) is 3.55. The zero-order chi connectivity index (χ0) is 13.8. The predicted octanol–water partition coefficient (Wildman–Crippen LogP) is 4.36. The molecule has 3 heteroatoms. The minimum atomic E-state index is -0.0805. The molecule has 0 amide bonds. The largest absolute Gasteiger partial charge is 0.507 e. The van der Waals surface area contributed by atoms with E-state index in [0.717, 1.165) is 10.0 Å². The first kappa shape index (κ1) is 13.6. The predicted molar refractivity (Wildman–Crippen MR) is 80.4 cm³/mol. The molecule has 2 aromatic carbocycles. The molecule has 0 heterocycles. The number of aromatic hydroxyl groups is 1. The Morgan fingerprint density at radius 2 is 2.00 bits per heavy atom. The molecule has 1 N–H and O–H groups in total. The van der Waals surface area contributed by atoms with Crippen LogP contribution in [0.5, 0.6) is 5.75 Å². The second kappa shape index (κ2) is 5.85. The number of allylic oxidation sites excluding steroid dienone is 1. The quantitative estimate of drug-likeness (QED) is 0.674. The number of hydrogen-bond donors (Lipinski definition) is 1. The number of ketones is 1. The Kier molecular flexibility index (Phi) is 4.17. The van der Waals surface area contributed by atoms with Crippen molar-refractivity contribution in [1.29, 1.82) is 0 Å². The maximum absolute atomic E-state index is 12.0. The molecule has 0 atom stereocenters. The highest BCUT2D eigenvalue weighted by Crippen LogP contribution is 2.23. The highest BCUT2D eigenvalue weighted by Gasteiger charge is 2.03. The van der Waals surface area contributed by atoms with Crippen molar-refractivity contribution in [2.45, 2.75) is 6.92 Å². The molecule has 0 radical (unpaired) electrons. The average Bonchev–Trinajstić information content (AvgIpc) is 2.39. The highest BCUT2D eigenvalue weighted by atomic mass is 79.9. The summed E-state index contributed by atoms with van der Waals surface area (Å²) in [5.41, 5.74) is 2.30. The van der Waals surface area contributed by atoms with Gasteiger partial charge in [0.25, 0.3) is 0 Å². The van der Waals surface area contributed by atoms with E-state index in [9.17, 15) is 9.90 Å². The van der Waals surface area contributed by atoms with Crippen LogP contribution in [0.15, 0.2) is 53.0 Å². The molecule has 0 spiro atoms. The van der Waals surface area contributed by atoms with Gasteiger partial charge in [0.1, 0.15) is 5.75 Å². The number of aryl methyl sites for hydroxylation is 1. The van der Waals surface area contributed by atoms with E-state index in [0.29, 0.717) is 11.1 Å². The smallest absolute Gasteiger partial charge is 0.185 e. The van der Waals surface area contributed by atoms with Crippen molar-refractivity contribution < 1.29 is 9.90 Å². The van der Waals surface area contributed by atoms with Crippen LogP contribution in [-0.4, -0.2) is 10.9 Å². The van der Waals surface area contributed by atoms with Crippen LogP contribution in [0.1, 0.15) is 21.5 Å². The Morgan fingerprint density at radius 1 is 1.21 bits per heavy atom. The normalized spacial score (nSPS) is 10.8. The first-order valence-electron chi connectivity index (χ1n) is 5.84. The minimum absolute atomic E-state index is 0.0805. The van der Waals surface area contributed by atoms with Crippen LogP contribution in [0.3, 0.4) is 0 Å². The summed E-state index contributed by atoms with van der Waals surface area (Å²) in [6, 6.07) is 12.5. The lowest BCUT2D eigenvalue weighted by Crippen LogP contribution is -1.94. The van der Waals surface area contributed by atoms with Gasteiger partial charge in [0.2, 0.25) is 0 Å². The van der Waals surface area contributed by atoms with E-state index in [4.69, 9.17) is 0 Å². The van der Waals surface area contributed by atoms with E-state index in [1.165, 1.54) is 6.08 Å². The molecule has 0 aliphatic carbocycles. The van der Waals surface area contributed by atoms with Gasteiger partial charge in [-0.3, -0.25) is 4.79 Å². The Bertz CT molecular complexity index is 645. The SMILES string of the molecule is Cc1cccc(C(=O)/C=C\c2cc(Br)ccc2O)c1. The summed E-state index contributed by atoms with van der Waals surface area (Å²) in [6.07, 6.45) is 3.08. The summed E-state index contributed by atoms with van der Waals surface area (Å²) < 4.78 is 0.855. The highest BCUT2D eigenvalue weighted by molar-refractivity contribution is 9.10. The molecule has 2 rings (SSSR count). The van der Waals surface area contributed by atoms with Crippen molar-refractivity contribution in [1.82, 2.24) is 0 Å². The van der Waals surface area contributed by atoms with Crippen LogP contribution >= 0.6 is 15.9 Å². The molecular weight excluding hydrogens is 304 g/mol. The summed E-state index contributed by atoms with van der Waals surface area (Å²) in [5, 5.41) is 9.68. The van der Waals surface area contributed by atoms with Crippen LogP contribution in [0.2, 0.25) is 0 Å². The molecule has 2 aromatic rings. The van der Waals surface area contributed by atoms with E-state index < -0.39 is 0 Å². The number of phenols is 1. The van der Waals surface area contributed by atoms with Gasteiger partial charge < -0.3 is 5.11 Å². The first-order valence-corrected chi connectivity index (χ1v) is 6.63. The van der Waals surface area contributed by atoms with Crippen LogP contribution in [0, 0.1) is 6.92 Å². The molecular formula is C16H13BrO2. The van der Waals surface area contributed by atoms with Crippen molar-refractivity contribution in [3.63, 3.8) is 0 Å². The molecule has 19 heavy (non-hydrogen) atoms. The van der Waals surface area contributed by atoms with Gasteiger partial charge in [0, 0.05) is 15.6 Å². The standard InChI is InChI=1S/C16H13BrO2/c1-11-3-2-4-12(9-11)15(18)7-5-13-10-14(17)6-8-16(13)19/h2-10,19H,1H3/b7-5-. The number of hydrogen-bond acceptors (Lipinski definition) is 2. The lowest BCUT2D eigenvalue weighted by atomic mass is 10.1. The van der Waals surface area contributed by atoms with E-state index in [1.54, 1.807) is 30.3 Å². The minimum Gasteiger partial charge on any atom is -0.507 e. The molecule has 0 saturated heterocycles. The van der Waals surface area contributed by atoms with Gasteiger partial charge in [-0.2, -0.15) is 0 Å². The van der Waals surface area contributed by atoms with Gasteiger partial charge in [0.05, 0.1) is 0 Å². The monoisotopic (exact) mass is 316 g/mol. The Morgan fingerprint density at radius 3 is 2.74 bits per heavy atom. The van der Waals surface area contributed by atoms with Crippen LogP contribution < -0.4 is 0 Å². The average molecular weight is 317 g/mol. The van der Waals surface area contributed by atoms with E-state index in [1.807, 2.05) is 25.1 Å². The van der Waals surface area contributed by atoms with Crippen molar-refractivity contribution in [2.24, 2.45) is 0 Å². The second-order valence-electron chi connectivity index (χ2n) is 4.27. The topological polar surface area (TPSA) is 37.3 Å². The number of carbonyl (C=O) groups is 1. The third-order valence-electron chi connectivity index (χ3n) is 2.71. The van der Waals surface area contributed by atoms with Crippen molar-refractivity contribution >= 4 is 27.8 Å². The summed E-state index contributed by atoms with van der Waals surface area (Å²) in [4.78, 5) is 12.0. The van der Waals surface area contributed by atoms with Crippen molar-refractivity contribution in [2.75, 3.05) is 0 Å². The fraction of sp³-hybridized carbons (Fsp3) is 0.0625. The number of carbonyl (C=O) groups excluding carboxylic acids is 1. The number of rotatable bonds is 3. The first-order chi connectivity index (χ1) is 9.06. The van der Waals surface area contributed by atoms with Gasteiger partial charge in [-0.1, -0.05) is 39.7 Å². The Hall–Kier alpha value is -1.87. The Balaban J connectivity index is 2.23. The molecule has 0 aliphatic heterocycles. The van der Waals surface area contributed by atoms with E-state index in [2.05, 4.69) is 15.9 Å². The number of benzene rings is 2. The zero-order valence-corrected chi connectivity index (χ0v) is 12.0. The molecule has 0 aromatic heterocycles. The number of phenolic OH excluding ortho intramolecular Hbond substituents is 1. The summed E-state index contributed by atoms with van der Waals surface area (Å²) >= 11 is 3.33. The van der Waals surface area contributed by atoms with Gasteiger partial charge in [-0.15, -0.1) is 0 Å². The van der Waals surface area contributed by atoms with Crippen LogP contribution in [0.4, 0.5) is 0 Å². The third-order valence-corrected chi connectivity index (χ3v) is 3.20. The van der Waals surface area contributed by atoms with Crippen molar-refractivity contribution in [3.8, 4) is 5.75 Å². The lowest BCUT2D eigenvalue weighted by molar-refractivity contribution is 0.104. The molecule has 96 valence electrons. The van der Waals surface area contributed by atoms with Crippen molar-refractivity contribution in [3.05, 3.63) is 69.7 Å². The fourth-order valence-electron chi connectivity index (χ4n) is 1.72. The molecule has 2 nitrogen and oxygen atoms in total. The second-order valence-corrected chi connectivity index (χ2v) is 5.19. The fourth-order valence-corrected chi connectivity index (χ4v) is 2.10. The van der Waals surface area contributed by atoms with E-state index >= 15 is 0 Å². The van der Waals surface area contributed by atoms with Crippen LogP contribution in [-0.2, 0) is 0 Å². The molecule has 0 saturated carbocycles. The summed E-state index contributed by atoms with van der Waals surface area (Å²) in [7, 11) is 0. The maximum Gasteiger partial charge on any atom is 0.185 e. The maximum atomic E-state index is 12.0. The summed E-state index contributed by atoms with van der Waals surface area (Å²) in [6.45, 7) is 1.95. The Labute approximate surface area is 120 Å². The summed E-state index contributed by atoms with van der Waals surface area (Å²) in [5.74, 6) is 0.0690. The number of halogens is 1. The molecule has 0 unspecified atom stereocenters. The zero-order valence-electron chi connectivity index (χ0n) is 10.4. The van der Waals surface area contributed by atoms with Gasteiger partial charge >= 0.3 is 0 Å².